The number of aromatic nitrogens is 2. The lowest BCUT2D eigenvalue weighted by molar-refractivity contribution is -0.0673. The molecule has 1 aromatic heterocycles. The lowest BCUT2D eigenvalue weighted by Crippen LogP contribution is -2.35. The number of ether oxygens (including phenoxy) is 1. The molecule has 7 nitrogen and oxygen atoms in total. The van der Waals surface area contributed by atoms with E-state index in [0.29, 0.717) is 25.0 Å². The van der Waals surface area contributed by atoms with Gasteiger partial charge in [-0.05, 0) is 25.7 Å². The van der Waals surface area contributed by atoms with Crippen LogP contribution in [0.5, 0.6) is 0 Å². The molecule has 1 aromatic rings. The summed E-state index contributed by atoms with van der Waals surface area (Å²) in [7, 11) is 0. The third-order valence-corrected chi connectivity index (χ3v) is 3.51. The Morgan fingerprint density at radius 2 is 2.10 bits per heavy atom. The third kappa shape index (κ3) is 3.05. The summed E-state index contributed by atoms with van der Waals surface area (Å²) in [6.45, 7) is 1.25. The number of hydrogen-bond donors (Lipinski definition) is 2. The first-order chi connectivity index (χ1) is 9.74. The van der Waals surface area contributed by atoms with Crippen LogP contribution in [0.15, 0.2) is 11.0 Å². The molecule has 2 fully saturated rings. The van der Waals surface area contributed by atoms with E-state index in [1.165, 1.54) is 6.20 Å². The van der Waals surface area contributed by atoms with Gasteiger partial charge in [-0.2, -0.15) is 0 Å². The van der Waals surface area contributed by atoms with Crippen LogP contribution in [0.2, 0.25) is 0 Å². The van der Waals surface area contributed by atoms with Gasteiger partial charge in [0.2, 0.25) is 0 Å². The van der Waals surface area contributed by atoms with Crippen LogP contribution in [0.3, 0.4) is 0 Å². The van der Waals surface area contributed by atoms with Crippen LogP contribution in [0.25, 0.3) is 0 Å². The maximum Gasteiger partial charge on any atom is 0.282 e. The van der Waals surface area contributed by atoms with Crippen LogP contribution in [-0.2, 0) is 9.57 Å². The molecular formula is C13H17N3O4. The highest BCUT2D eigenvalue weighted by molar-refractivity contribution is 5.92. The predicted octanol–water partition coefficient (Wildman–Crippen LogP) is 0.488. The molecular weight excluding hydrogens is 262 g/mol. The average Bonchev–Trinajstić information content (AvgIpc) is 3.30. The topological polar surface area (TPSA) is 93.3 Å². The summed E-state index contributed by atoms with van der Waals surface area (Å²) in [5.41, 5.74) is 1.87. The van der Waals surface area contributed by atoms with Crippen LogP contribution < -0.4 is 11.0 Å². The number of nitrogens with one attached hydrogen (secondary N) is 2. The smallest absolute Gasteiger partial charge is 0.282 e. The Kier molecular flexibility index (Phi) is 3.79. The number of carbonyl (C=O) groups excluding carboxylic acids is 1. The Morgan fingerprint density at radius 1 is 1.35 bits per heavy atom. The number of H-pyrrole nitrogens is 1. The predicted molar refractivity (Wildman–Crippen MR) is 69.2 cm³/mol. The first-order valence-electron chi connectivity index (χ1n) is 6.87. The van der Waals surface area contributed by atoms with E-state index in [4.69, 9.17) is 9.57 Å². The highest BCUT2D eigenvalue weighted by atomic mass is 16.7. The van der Waals surface area contributed by atoms with Crippen molar-refractivity contribution >= 4 is 5.91 Å². The normalized spacial score (nSPS) is 19.8. The van der Waals surface area contributed by atoms with Gasteiger partial charge >= 0.3 is 0 Å². The van der Waals surface area contributed by atoms with Gasteiger partial charge in [0.15, 0.2) is 0 Å². The average molecular weight is 279 g/mol. The Hall–Kier alpha value is -1.73. The lowest BCUT2D eigenvalue weighted by Gasteiger charge is -2.21. The molecule has 1 amide bonds. The zero-order valence-electron chi connectivity index (χ0n) is 11.1. The number of rotatable bonds is 4. The van der Waals surface area contributed by atoms with Gasteiger partial charge in [-0.25, -0.2) is 10.5 Å². The maximum absolute atomic E-state index is 11.9. The highest BCUT2D eigenvalue weighted by Gasteiger charge is 2.27. The zero-order valence-corrected chi connectivity index (χ0v) is 11.1. The van der Waals surface area contributed by atoms with Crippen LogP contribution in [0.1, 0.15) is 47.8 Å². The van der Waals surface area contributed by atoms with Crippen LogP contribution in [-0.4, -0.2) is 35.2 Å². The fraction of sp³-hybridized carbons (Fsp3) is 0.615. The summed E-state index contributed by atoms with van der Waals surface area (Å²) in [6.07, 6.45) is 4.80. The second-order valence-corrected chi connectivity index (χ2v) is 5.15. The highest BCUT2D eigenvalue weighted by Crippen LogP contribution is 2.37. The van der Waals surface area contributed by atoms with E-state index < -0.39 is 11.5 Å². The SMILES string of the molecule is O=C(NOC1CCOCC1)c1cnc(C2CC2)[nH]c1=O. The van der Waals surface area contributed by atoms with Gasteiger partial charge in [-0.1, -0.05) is 0 Å². The van der Waals surface area contributed by atoms with Crippen molar-refractivity contribution in [2.24, 2.45) is 0 Å². The molecule has 1 saturated carbocycles. The van der Waals surface area contributed by atoms with Crippen molar-refractivity contribution in [3.05, 3.63) is 27.9 Å². The van der Waals surface area contributed by atoms with Crippen LogP contribution in [0, 0.1) is 0 Å². The molecule has 1 saturated heterocycles. The van der Waals surface area contributed by atoms with Gasteiger partial charge in [-0.15, -0.1) is 0 Å². The minimum absolute atomic E-state index is 0.0264. The summed E-state index contributed by atoms with van der Waals surface area (Å²) in [4.78, 5) is 35.8. The summed E-state index contributed by atoms with van der Waals surface area (Å²) in [5, 5.41) is 0. The van der Waals surface area contributed by atoms with Crippen LogP contribution >= 0.6 is 0 Å². The van der Waals surface area contributed by atoms with Gasteiger partial charge in [-0.3, -0.25) is 14.4 Å². The number of aromatic amines is 1. The standard InChI is InChI=1S/C13H17N3O4/c17-12-10(7-14-11(15-12)8-1-2-8)13(18)16-20-9-3-5-19-6-4-9/h7-9H,1-6H2,(H,16,18)(H,14,15,17). The van der Waals surface area contributed by atoms with Crippen molar-refractivity contribution in [3.63, 3.8) is 0 Å². The summed E-state index contributed by atoms with van der Waals surface area (Å²) >= 11 is 0. The van der Waals surface area contributed by atoms with E-state index in [2.05, 4.69) is 15.4 Å². The molecule has 0 radical (unpaired) electrons. The molecule has 1 aliphatic carbocycles. The van der Waals surface area contributed by atoms with E-state index >= 15 is 0 Å². The number of amides is 1. The van der Waals surface area contributed by atoms with Crippen LogP contribution in [0.4, 0.5) is 0 Å². The monoisotopic (exact) mass is 279 g/mol. The molecule has 20 heavy (non-hydrogen) atoms. The van der Waals surface area contributed by atoms with E-state index in [1.54, 1.807) is 0 Å². The summed E-state index contributed by atoms with van der Waals surface area (Å²) < 4.78 is 5.19. The maximum atomic E-state index is 11.9. The van der Waals surface area contributed by atoms with Gasteiger partial charge < -0.3 is 9.72 Å². The molecule has 2 aliphatic rings. The molecule has 0 bridgehead atoms. The molecule has 2 N–H and O–H groups in total. The minimum atomic E-state index is -0.562. The molecule has 2 heterocycles. The van der Waals surface area contributed by atoms with Crippen molar-refractivity contribution in [3.8, 4) is 0 Å². The van der Waals surface area contributed by atoms with Gasteiger partial charge in [0.1, 0.15) is 11.4 Å². The lowest BCUT2D eigenvalue weighted by atomic mass is 10.2. The van der Waals surface area contributed by atoms with E-state index in [1.807, 2.05) is 0 Å². The largest absolute Gasteiger partial charge is 0.381 e. The van der Waals surface area contributed by atoms with E-state index in [9.17, 15) is 9.59 Å². The fourth-order valence-corrected chi connectivity index (χ4v) is 2.12. The van der Waals surface area contributed by atoms with Crippen molar-refractivity contribution in [2.75, 3.05) is 13.2 Å². The fourth-order valence-electron chi connectivity index (χ4n) is 2.12. The van der Waals surface area contributed by atoms with Gasteiger partial charge in [0.05, 0.1) is 6.10 Å². The Morgan fingerprint density at radius 3 is 2.75 bits per heavy atom. The Bertz CT molecular complexity index is 547. The molecule has 0 atom stereocenters. The second kappa shape index (κ2) is 5.72. The van der Waals surface area contributed by atoms with Crippen molar-refractivity contribution in [1.29, 1.82) is 0 Å². The van der Waals surface area contributed by atoms with Gasteiger partial charge in [0.25, 0.3) is 11.5 Å². The first kappa shape index (κ1) is 13.3. The van der Waals surface area contributed by atoms with Crippen molar-refractivity contribution < 1.29 is 14.4 Å². The molecule has 1 aliphatic heterocycles. The van der Waals surface area contributed by atoms with Crippen molar-refractivity contribution in [1.82, 2.24) is 15.4 Å². The first-order valence-corrected chi connectivity index (χ1v) is 6.87. The van der Waals surface area contributed by atoms with E-state index in [0.717, 1.165) is 25.7 Å². The molecule has 0 unspecified atom stereocenters. The third-order valence-electron chi connectivity index (χ3n) is 3.51. The number of carbonyl (C=O) groups is 1. The Labute approximate surface area is 115 Å². The summed E-state index contributed by atoms with van der Waals surface area (Å²) in [5.74, 6) is 0.447. The number of hydroxylamine groups is 1. The Balaban J connectivity index is 1.60. The number of nitrogens with zero attached hydrogens (tertiary/aromatic N) is 1. The minimum Gasteiger partial charge on any atom is -0.381 e. The second-order valence-electron chi connectivity index (χ2n) is 5.15. The molecule has 0 aromatic carbocycles. The van der Waals surface area contributed by atoms with Crippen molar-refractivity contribution in [2.45, 2.75) is 37.7 Å². The summed E-state index contributed by atoms with van der Waals surface area (Å²) in [6, 6.07) is 0. The molecule has 108 valence electrons. The zero-order chi connectivity index (χ0) is 13.9. The quantitative estimate of drug-likeness (QED) is 0.782. The molecule has 3 rings (SSSR count). The number of hydrogen-bond acceptors (Lipinski definition) is 5. The van der Waals surface area contributed by atoms with E-state index in [-0.39, 0.29) is 11.7 Å². The van der Waals surface area contributed by atoms with Gasteiger partial charge in [0, 0.05) is 25.3 Å². The molecule has 7 heteroatoms. The molecule has 0 spiro atoms.